The summed E-state index contributed by atoms with van der Waals surface area (Å²) >= 11 is 0. The first-order valence-electron chi connectivity index (χ1n) is 5.97. The van der Waals surface area contributed by atoms with Crippen LogP contribution < -0.4 is 0 Å². The highest BCUT2D eigenvalue weighted by atomic mass is 16.5. The molecular weight excluding hydrogens is 232 g/mol. The van der Waals surface area contributed by atoms with Crippen molar-refractivity contribution in [2.45, 2.75) is 13.8 Å². The smallest absolute Gasteiger partial charge is 0.257 e. The molecule has 0 bridgehead atoms. The van der Waals surface area contributed by atoms with E-state index in [1.807, 2.05) is 13.8 Å². The van der Waals surface area contributed by atoms with Crippen LogP contribution in [0, 0.1) is 5.92 Å². The highest BCUT2D eigenvalue weighted by Gasteiger charge is 2.19. The molecule has 0 fully saturated rings. The quantitative estimate of drug-likeness (QED) is 0.834. The van der Waals surface area contributed by atoms with E-state index in [-0.39, 0.29) is 17.2 Å². The van der Waals surface area contributed by atoms with Gasteiger partial charge < -0.3 is 14.7 Å². The maximum Gasteiger partial charge on any atom is 0.257 e. The molecule has 0 unspecified atom stereocenters. The molecule has 1 N–H and O–H groups in total. The number of carbonyl (C=O) groups is 1. The minimum Gasteiger partial charge on any atom is -0.505 e. The third kappa shape index (κ3) is 4.00. The Balaban J connectivity index is 2.84. The van der Waals surface area contributed by atoms with Crippen LogP contribution in [0.4, 0.5) is 0 Å². The summed E-state index contributed by atoms with van der Waals surface area (Å²) < 4.78 is 5.00. The summed E-state index contributed by atoms with van der Waals surface area (Å²) in [5.74, 6) is 0.0732. The van der Waals surface area contributed by atoms with Crippen LogP contribution in [-0.2, 0) is 4.74 Å². The molecule has 0 saturated heterocycles. The van der Waals surface area contributed by atoms with Crippen LogP contribution in [0.25, 0.3) is 0 Å². The van der Waals surface area contributed by atoms with Crippen molar-refractivity contribution in [3.63, 3.8) is 0 Å². The lowest BCUT2D eigenvalue weighted by Gasteiger charge is -2.24. The number of pyridine rings is 1. The van der Waals surface area contributed by atoms with Gasteiger partial charge in [0, 0.05) is 26.4 Å². The molecule has 1 aromatic heterocycles. The van der Waals surface area contributed by atoms with Gasteiger partial charge in [-0.25, -0.2) is 0 Å². The number of ether oxygens (including phenoxy) is 1. The van der Waals surface area contributed by atoms with Gasteiger partial charge in [-0.05, 0) is 12.0 Å². The predicted octanol–water partition coefficient (Wildman–Crippen LogP) is 1.53. The average Bonchev–Trinajstić information content (AvgIpc) is 2.34. The Morgan fingerprint density at radius 2 is 2.28 bits per heavy atom. The van der Waals surface area contributed by atoms with E-state index in [1.54, 1.807) is 12.0 Å². The topological polar surface area (TPSA) is 62.7 Å². The van der Waals surface area contributed by atoms with E-state index in [2.05, 4.69) is 4.98 Å². The van der Waals surface area contributed by atoms with Crippen molar-refractivity contribution < 1.29 is 14.6 Å². The van der Waals surface area contributed by atoms with Gasteiger partial charge in [0.25, 0.3) is 5.91 Å². The van der Waals surface area contributed by atoms with Crippen molar-refractivity contribution in [3.05, 3.63) is 24.0 Å². The Hall–Kier alpha value is -1.62. The fourth-order valence-electron chi connectivity index (χ4n) is 1.66. The second-order valence-electron chi connectivity index (χ2n) is 4.53. The van der Waals surface area contributed by atoms with Crippen molar-refractivity contribution in [1.82, 2.24) is 9.88 Å². The third-order valence-electron chi connectivity index (χ3n) is 2.47. The molecule has 5 nitrogen and oxygen atoms in total. The number of aromatic hydroxyl groups is 1. The van der Waals surface area contributed by atoms with Crippen LogP contribution in [0.5, 0.6) is 5.75 Å². The SMILES string of the molecule is COCCN(CC(C)C)C(=O)c1ccncc1O. The second kappa shape index (κ2) is 6.96. The van der Waals surface area contributed by atoms with Crippen molar-refractivity contribution in [1.29, 1.82) is 0 Å². The van der Waals surface area contributed by atoms with Crippen molar-refractivity contribution in [3.8, 4) is 5.75 Å². The van der Waals surface area contributed by atoms with E-state index in [1.165, 1.54) is 18.5 Å². The van der Waals surface area contributed by atoms with Gasteiger partial charge in [-0.2, -0.15) is 0 Å². The zero-order chi connectivity index (χ0) is 13.5. The summed E-state index contributed by atoms with van der Waals surface area (Å²) in [5, 5.41) is 9.65. The second-order valence-corrected chi connectivity index (χ2v) is 4.53. The third-order valence-corrected chi connectivity index (χ3v) is 2.47. The molecule has 5 heteroatoms. The summed E-state index contributed by atoms with van der Waals surface area (Å²) in [4.78, 5) is 17.7. The largest absolute Gasteiger partial charge is 0.505 e. The molecule has 1 amide bonds. The number of methoxy groups -OCH3 is 1. The molecule has 0 spiro atoms. The number of amides is 1. The fraction of sp³-hybridized carbons (Fsp3) is 0.538. The number of hydrogen-bond acceptors (Lipinski definition) is 4. The minimum absolute atomic E-state index is 0.0892. The molecule has 1 aromatic rings. The van der Waals surface area contributed by atoms with Crippen LogP contribution in [0.2, 0.25) is 0 Å². The zero-order valence-electron chi connectivity index (χ0n) is 11.1. The zero-order valence-corrected chi connectivity index (χ0v) is 11.1. The molecule has 0 saturated carbocycles. The maximum absolute atomic E-state index is 12.3. The van der Waals surface area contributed by atoms with E-state index >= 15 is 0 Å². The van der Waals surface area contributed by atoms with Gasteiger partial charge in [-0.1, -0.05) is 13.8 Å². The van der Waals surface area contributed by atoms with Crippen molar-refractivity contribution >= 4 is 5.91 Å². The van der Waals surface area contributed by atoms with E-state index in [0.717, 1.165) is 0 Å². The van der Waals surface area contributed by atoms with Crippen LogP contribution in [-0.4, -0.2) is 47.7 Å². The Morgan fingerprint density at radius 1 is 1.56 bits per heavy atom. The van der Waals surface area contributed by atoms with Gasteiger partial charge >= 0.3 is 0 Å². The summed E-state index contributed by atoms with van der Waals surface area (Å²) in [6, 6.07) is 1.53. The van der Waals surface area contributed by atoms with E-state index in [4.69, 9.17) is 4.74 Å². The lowest BCUT2D eigenvalue weighted by Crippen LogP contribution is -2.36. The molecule has 1 heterocycles. The summed E-state index contributed by atoms with van der Waals surface area (Å²) in [6.45, 7) is 5.70. The number of nitrogens with zero attached hydrogens (tertiary/aromatic N) is 2. The number of carbonyl (C=O) groups excluding carboxylic acids is 1. The average molecular weight is 252 g/mol. The summed E-state index contributed by atoms with van der Waals surface area (Å²) in [7, 11) is 1.60. The first-order valence-corrected chi connectivity index (χ1v) is 5.97. The number of hydrogen-bond donors (Lipinski definition) is 1. The lowest BCUT2D eigenvalue weighted by atomic mass is 10.1. The van der Waals surface area contributed by atoms with Gasteiger partial charge in [-0.15, -0.1) is 0 Å². The first-order chi connectivity index (χ1) is 8.56. The molecule has 0 atom stereocenters. The molecule has 18 heavy (non-hydrogen) atoms. The van der Waals surface area contributed by atoms with Crippen LogP contribution in [0.15, 0.2) is 18.5 Å². The Bertz CT molecular complexity index is 394. The number of aromatic nitrogens is 1. The molecule has 0 aliphatic rings. The van der Waals surface area contributed by atoms with Gasteiger partial charge in [-0.3, -0.25) is 9.78 Å². The van der Waals surface area contributed by atoms with E-state index < -0.39 is 0 Å². The number of rotatable bonds is 6. The highest BCUT2D eigenvalue weighted by Crippen LogP contribution is 2.17. The Kier molecular flexibility index (Phi) is 5.58. The molecule has 1 rings (SSSR count). The molecule has 100 valence electrons. The summed E-state index contributed by atoms with van der Waals surface area (Å²) in [6.07, 6.45) is 2.77. The van der Waals surface area contributed by atoms with Gasteiger partial charge in [0.05, 0.1) is 18.4 Å². The predicted molar refractivity (Wildman–Crippen MR) is 68.5 cm³/mol. The van der Waals surface area contributed by atoms with Crippen molar-refractivity contribution in [2.24, 2.45) is 5.92 Å². The fourth-order valence-corrected chi connectivity index (χ4v) is 1.66. The Morgan fingerprint density at radius 3 is 2.83 bits per heavy atom. The van der Waals surface area contributed by atoms with E-state index in [0.29, 0.717) is 25.6 Å². The molecule has 0 radical (unpaired) electrons. The minimum atomic E-state index is -0.194. The van der Waals surface area contributed by atoms with Crippen LogP contribution in [0.3, 0.4) is 0 Å². The van der Waals surface area contributed by atoms with Gasteiger partial charge in [0.2, 0.25) is 0 Å². The normalized spacial score (nSPS) is 10.7. The molecule has 0 aliphatic heterocycles. The maximum atomic E-state index is 12.3. The molecular formula is C13H20N2O3. The molecule has 0 aliphatic carbocycles. The van der Waals surface area contributed by atoms with Gasteiger partial charge in [0.1, 0.15) is 5.75 Å². The van der Waals surface area contributed by atoms with Gasteiger partial charge in [0.15, 0.2) is 0 Å². The molecule has 0 aromatic carbocycles. The monoisotopic (exact) mass is 252 g/mol. The van der Waals surface area contributed by atoms with Crippen LogP contribution >= 0.6 is 0 Å². The lowest BCUT2D eigenvalue weighted by molar-refractivity contribution is 0.0669. The standard InChI is InChI=1S/C13H20N2O3/c1-10(2)9-15(6-7-18-3)13(17)11-4-5-14-8-12(11)16/h4-5,8,10,16H,6-7,9H2,1-3H3. The highest BCUT2D eigenvalue weighted by molar-refractivity contribution is 5.96. The van der Waals surface area contributed by atoms with Crippen LogP contribution in [0.1, 0.15) is 24.2 Å². The Labute approximate surface area is 107 Å². The van der Waals surface area contributed by atoms with Crippen molar-refractivity contribution in [2.75, 3.05) is 26.8 Å². The first kappa shape index (κ1) is 14.4. The van der Waals surface area contributed by atoms with E-state index in [9.17, 15) is 9.90 Å². The summed E-state index contributed by atoms with van der Waals surface area (Å²) in [5.41, 5.74) is 0.279.